The van der Waals surface area contributed by atoms with E-state index in [0.29, 0.717) is 6.61 Å². The number of ether oxygens (including phenoxy) is 4. The van der Waals surface area contributed by atoms with E-state index in [-0.39, 0.29) is 90.7 Å². The first kappa shape index (κ1) is 39.5. The topological polar surface area (TPSA) is 220 Å². The molecule has 1 aliphatic heterocycles. The number of carbonyl (C=O) groups excluding carboxylic acids is 7. The Hall–Kier alpha value is -4.71. The summed E-state index contributed by atoms with van der Waals surface area (Å²) >= 11 is 0. The van der Waals surface area contributed by atoms with E-state index in [1.165, 1.54) is 12.2 Å². The second kappa shape index (κ2) is 23.6. The van der Waals surface area contributed by atoms with Gasteiger partial charge in [0.05, 0.1) is 65.8 Å². The molecule has 1 atom stereocenters. The molecule has 0 radical (unpaired) electrons. The van der Waals surface area contributed by atoms with Gasteiger partial charge < -0.3 is 45.5 Å². The molecule has 1 aromatic rings. The summed E-state index contributed by atoms with van der Waals surface area (Å²) in [5.41, 5.74) is 0.773. The van der Waals surface area contributed by atoms with Gasteiger partial charge in [-0.25, -0.2) is 0 Å². The van der Waals surface area contributed by atoms with E-state index in [2.05, 4.69) is 26.6 Å². The number of imide groups is 1. The summed E-state index contributed by atoms with van der Waals surface area (Å²) in [6.45, 7) is 2.61. The van der Waals surface area contributed by atoms with Gasteiger partial charge in [-0.2, -0.15) is 0 Å². The number of benzene rings is 1. The molecule has 0 bridgehead atoms. The van der Waals surface area contributed by atoms with Crippen LogP contribution in [0.5, 0.6) is 0 Å². The van der Waals surface area contributed by atoms with Gasteiger partial charge in [0.2, 0.25) is 29.5 Å². The number of nitrogens with one attached hydrogen (secondary N) is 5. The van der Waals surface area contributed by atoms with Gasteiger partial charge in [0, 0.05) is 31.6 Å². The number of hydrogen-bond acceptors (Lipinski definition) is 11. The molecule has 17 nitrogen and oxygen atoms in total. The number of carbonyl (C=O) groups is 7. The molecule has 1 heterocycles. The lowest BCUT2D eigenvalue weighted by Crippen LogP contribution is -2.52. The standard InChI is InChI=1S/C31H44N6O11/c1-2-45-22-35-27(40)20-34-31(44)24(18-23-6-4-3-5-7-23)36-28(41)21-33-26(39)19-32-25(38)10-12-46-14-16-48-17-15-47-13-11-37-29(42)8-9-30(37)43/h3-9,24H,2,10-22H2,1H3,(H,32,38)(H,33,39)(H,34,44)(H,35,40)(H,36,41)/t24-/m0/s1. The van der Waals surface area contributed by atoms with Gasteiger partial charge in [0.1, 0.15) is 12.8 Å². The van der Waals surface area contributed by atoms with Crippen LogP contribution in [0.3, 0.4) is 0 Å². The third-order valence-corrected chi connectivity index (χ3v) is 6.40. The van der Waals surface area contributed by atoms with Gasteiger partial charge in [0.25, 0.3) is 11.8 Å². The van der Waals surface area contributed by atoms with E-state index in [1.54, 1.807) is 31.2 Å². The first-order valence-electron chi connectivity index (χ1n) is 15.4. The number of nitrogens with zero attached hydrogens (tertiary/aromatic N) is 1. The van der Waals surface area contributed by atoms with Crippen molar-refractivity contribution in [2.24, 2.45) is 0 Å². The molecule has 0 saturated heterocycles. The molecule has 0 saturated carbocycles. The van der Waals surface area contributed by atoms with Crippen molar-refractivity contribution in [3.05, 3.63) is 48.0 Å². The monoisotopic (exact) mass is 676 g/mol. The molecular formula is C31H44N6O11. The number of hydrogen-bond donors (Lipinski definition) is 5. The molecule has 0 spiro atoms. The molecule has 48 heavy (non-hydrogen) atoms. The highest BCUT2D eigenvalue weighted by molar-refractivity contribution is 6.12. The zero-order chi connectivity index (χ0) is 35.0. The van der Waals surface area contributed by atoms with Crippen LogP contribution < -0.4 is 26.6 Å². The van der Waals surface area contributed by atoms with Crippen LogP contribution in [0.1, 0.15) is 18.9 Å². The zero-order valence-electron chi connectivity index (χ0n) is 27.0. The molecule has 7 amide bonds. The highest BCUT2D eigenvalue weighted by atomic mass is 16.5. The normalized spacial score (nSPS) is 12.8. The maximum Gasteiger partial charge on any atom is 0.253 e. The molecule has 1 aliphatic rings. The predicted molar refractivity (Wildman–Crippen MR) is 169 cm³/mol. The summed E-state index contributed by atoms with van der Waals surface area (Å²) in [4.78, 5) is 85.3. The van der Waals surface area contributed by atoms with Crippen molar-refractivity contribution in [2.45, 2.75) is 25.8 Å². The van der Waals surface area contributed by atoms with Gasteiger partial charge in [0.15, 0.2) is 0 Å². The minimum Gasteiger partial charge on any atom is -0.379 e. The van der Waals surface area contributed by atoms with Crippen molar-refractivity contribution < 1.29 is 52.5 Å². The predicted octanol–water partition coefficient (Wildman–Crippen LogP) is -2.46. The van der Waals surface area contributed by atoms with Crippen LogP contribution in [0.4, 0.5) is 0 Å². The Morgan fingerprint density at radius 3 is 1.90 bits per heavy atom. The van der Waals surface area contributed by atoms with E-state index in [9.17, 15) is 33.6 Å². The quantitative estimate of drug-likeness (QED) is 0.0415. The number of rotatable bonds is 25. The first-order chi connectivity index (χ1) is 23.2. The lowest BCUT2D eigenvalue weighted by Gasteiger charge is -2.19. The second-order valence-electron chi connectivity index (χ2n) is 10.1. The molecule has 0 aromatic heterocycles. The highest BCUT2D eigenvalue weighted by Gasteiger charge is 2.23. The van der Waals surface area contributed by atoms with Crippen LogP contribution in [-0.4, -0.2) is 131 Å². The molecule has 2 rings (SSSR count). The second-order valence-corrected chi connectivity index (χ2v) is 10.1. The first-order valence-corrected chi connectivity index (χ1v) is 15.4. The van der Waals surface area contributed by atoms with Gasteiger partial charge in [-0.3, -0.25) is 38.5 Å². The summed E-state index contributed by atoms with van der Waals surface area (Å²) in [6.07, 6.45) is 2.57. The fourth-order valence-corrected chi connectivity index (χ4v) is 3.91. The summed E-state index contributed by atoms with van der Waals surface area (Å²) in [6, 6.07) is 7.95. The summed E-state index contributed by atoms with van der Waals surface area (Å²) < 4.78 is 21.0. The van der Waals surface area contributed by atoms with Crippen LogP contribution in [0.15, 0.2) is 42.5 Å². The summed E-state index contributed by atoms with van der Waals surface area (Å²) in [5, 5.41) is 12.3. The third-order valence-electron chi connectivity index (χ3n) is 6.40. The Bertz CT molecular complexity index is 1230. The Morgan fingerprint density at radius 2 is 1.23 bits per heavy atom. The SMILES string of the molecule is CCOCNC(=O)CNC(=O)[C@H](Cc1ccccc1)NC(=O)CNC(=O)CNC(=O)CCOCCOCCOCCN1C(=O)C=CC1=O. The average Bonchev–Trinajstić information content (AvgIpc) is 3.40. The fraction of sp³-hybridized carbons (Fsp3) is 0.516. The van der Waals surface area contributed by atoms with Gasteiger partial charge >= 0.3 is 0 Å². The molecule has 17 heteroatoms. The maximum atomic E-state index is 12.8. The molecular weight excluding hydrogens is 632 g/mol. The van der Waals surface area contributed by atoms with Gasteiger partial charge in [-0.1, -0.05) is 30.3 Å². The third kappa shape index (κ3) is 17.3. The van der Waals surface area contributed by atoms with Gasteiger partial charge in [-0.15, -0.1) is 0 Å². The maximum absolute atomic E-state index is 12.8. The fourth-order valence-electron chi connectivity index (χ4n) is 3.91. The summed E-state index contributed by atoms with van der Waals surface area (Å²) in [7, 11) is 0. The molecule has 0 aliphatic carbocycles. The van der Waals surface area contributed by atoms with Crippen molar-refractivity contribution >= 4 is 41.4 Å². The van der Waals surface area contributed by atoms with Crippen molar-refractivity contribution in [1.29, 1.82) is 0 Å². The Labute approximate surface area is 278 Å². The number of amides is 7. The van der Waals surface area contributed by atoms with Gasteiger partial charge in [-0.05, 0) is 12.5 Å². The highest BCUT2D eigenvalue weighted by Crippen LogP contribution is 2.04. The lowest BCUT2D eigenvalue weighted by atomic mass is 10.1. The lowest BCUT2D eigenvalue weighted by molar-refractivity contribution is -0.138. The van der Waals surface area contributed by atoms with Crippen molar-refractivity contribution in [1.82, 2.24) is 31.5 Å². The molecule has 5 N–H and O–H groups in total. The van der Waals surface area contributed by atoms with Crippen molar-refractivity contribution in [2.75, 3.05) is 79.2 Å². The Balaban J connectivity index is 1.55. The van der Waals surface area contributed by atoms with E-state index >= 15 is 0 Å². The Morgan fingerprint density at radius 1 is 0.667 bits per heavy atom. The average molecular weight is 677 g/mol. The minimum atomic E-state index is -1.02. The van der Waals surface area contributed by atoms with Crippen LogP contribution in [-0.2, 0) is 58.9 Å². The molecule has 0 fully saturated rings. The smallest absolute Gasteiger partial charge is 0.253 e. The van der Waals surface area contributed by atoms with E-state index < -0.39 is 42.1 Å². The minimum absolute atomic E-state index is 0.000394. The van der Waals surface area contributed by atoms with Crippen molar-refractivity contribution in [3.63, 3.8) is 0 Å². The van der Waals surface area contributed by atoms with E-state index in [4.69, 9.17) is 18.9 Å². The summed E-state index contributed by atoms with van der Waals surface area (Å²) in [5.74, 6) is -3.44. The Kier molecular flexibility index (Phi) is 19.4. The molecule has 264 valence electrons. The largest absolute Gasteiger partial charge is 0.379 e. The van der Waals surface area contributed by atoms with Crippen LogP contribution in [0.2, 0.25) is 0 Å². The van der Waals surface area contributed by atoms with Crippen LogP contribution in [0, 0.1) is 0 Å². The zero-order valence-corrected chi connectivity index (χ0v) is 27.0. The van der Waals surface area contributed by atoms with E-state index in [1.807, 2.05) is 6.07 Å². The van der Waals surface area contributed by atoms with Crippen LogP contribution >= 0.6 is 0 Å². The van der Waals surface area contributed by atoms with E-state index in [0.717, 1.165) is 10.5 Å². The molecule has 0 unspecified atom stereocenters. The van der Waals surface area contributed by atoms with Crippen LogP contribution in [0.25, 0.3) is 0 Å². The van der Waals surface area contributed by atoms with Crippen molar-refractivity contribution in [3.8, 4) is 0 Å². The molecule has 1 aromatic carbocycles.